The van der Waals surface area contributed by atoms with Crippen molar-refractivity contribution >= 4 is 18.3 Å². The molecule has 1 aromatic rings. The van der Waals surface area contributed by atoms with E-state index in [2.05, 4.69) is 41.4 Å². The van der Waals surface area contributed by atoms with Gasteiger partial charge in [0.25, 0.3) is 0 Å². The standard InChI is InChI=1S/C18H27N3O.ClH/c1-15-4-2-5-16(14-15)17-6-3-10-20(17)11-7-18(22)21-12-8-19-9-13-21;/h2,4-5,14,17,19H,3,6-13H2,1H3;1H. The molecule has 0 spiro atoms. The summed E-state index contributed by atoms with van der Waals surface area (Å²) in [6, 6.07) is 9.31. The Hall–Kier alpha value is -1.10. The van der Waals surface area contributed by atoms with Crippen LogP contribution in [-0.2, 0) is 4.79 Å². The zero-order chi connectivity index (χ0) is 15.4. The third-order valence-corrected chi connectivity index (χ3v) is 4.87. The third-order valence-electron chi connectivity index (χ3n) is 4.87. The Balaban J connectivity index is 0.00000192. The van der Waals surface area contributed by atoms with Crippen molar-refractivity contribution in [3.8, 4) is 0 Å². The van der Waals surface area contributed by atoms with Crippen LogP contribution in [0.4, 0.5) is 0 Å². The molecule has 2 aliphatic rings. The molecule has 3 rings (SSSR count). The molecule has 0 radical (unpaired) electrons. The molecule has 1 aromatic carbocycles. The summed E-state index contributed by atoms with van der Waals surface area (Å²) in [5.74, 6) is 0.316. The summed E-state index contributed by atoms with van der Waals surface area (Å²) in [6.45, 7) is 7.74. The molecule has 0 bridgehead atoms. The van der Waals surface area contributed by atoms with Crippen LogP contribution in [0.3, 0.4) is 0 Å². The van der Waals surface area contributed by atoms with Gasteiger partial charge in [-0.1, -0.05) is 29.8 Å². The Labute approximate surface area is 145 Å². The summed E-state index contributed by atoms with van der Waals surface area (Å²) in [4.78, 5) is 16.8. The Kier molecular flexibility index (Phi) is 6.88. The molecule has 4 nitrogen and oxygen atoms in total. The molecule has 2 aliphatic heterocycles. The van der Waals surface area contributed by atoms with Crippen LogP contribution in [0.2, 0.25) is 0 Å². The van der Waals surface area contributed by atoms with E-state index in [1.807, 2.05) is 4.90 Å². The second-order valence-corrected chi connectivity index (χ2v) is 6.49. The van der Waals surface area contributed by atoms with E-state index in [1.54, 1.807) is 0 Å². The van der Waals surface area contributed by atoms with Crippen molar-refractivity contribution in [3.63, 3.8) is 0 Å². The average molecular weight is 338 g/mol. The second kappa shape index (κ2) is 8.67. The molecule has 1 atom stereocenters. The Morgan fingerprint density at radius 3 is 2.78 bits per heavy atom. The van der Waals surface area contributed by atoms with Crippen molar-refractivity contribution in [1.82, 2.24) is 15.1 Å². The van der Waals surface area contributed by atoms with Gasteiger partial charge in [0.2, 0.25) is 5.91 Å². The van der Waals surface area contributed by atoms with Crippen LogP contribution in [0, 0.1) is 6.92 Å². The van der Waals surface area contributed by atoms with Crippen LogP contribution in [0.15, 0.2) is 24.3 Å². The first-order valence-corrected chi connectivity index (χ1v) is 8.53. The molecule has 23 heavy (non-hydrogen) atoms. The van der Waals surface area contributed by atoms with Crippen LogP contribution < -0.4 is 5.32 Å². The van der Waals surface area contributed by atoms with E-state index >= 15 is 0 Å². The third kappa shape index (κ3) is 4.69. The molecular formula is C18H28ClN3O. The number of carbonyl (C=O) groups excluding carboxylic acids is 1. The lowest BCUT2D eigenvalue weighted by atomic mass is 10.0. The van der Waals surface area contributed by atoms with Crippen LogP contribution in [0.5, 0.6) is 0 Å². The molecule has 0 aliphatic carbocycles. The topological polar surface area (TPSA) is 35.6 Å². The molecule has 2 heterocycles. The Bertz CT molecular complexity index is 517. The minimum Gasteiger partial charge on any atom is -0.340 e. The van der Waals surface area contributed by atoms with Gasteiger partial charge in [0.15, 0.2) is 0 Å². The van der Waals surface area contributed by atoms with E-state index in [-0.39, 0.29) is 12.4 Å². The fourth-order valence-corrected chi connectivity index (χ4v) is 3.66. The lowest BCUT2D eigenvalue weighted by Crippen LogP contribution is -2.47. The first-order valence-electron chi connectivity index (χ1n) is 8.53. The number of amides is 1. The number of hydrogen-bond acceptors (Lipinski definition) is 3. The number of nitrogens with one attached hydrogen (secondary N) is 1. The molecule has 2 fully saturated rings. The van der Waals surface area contributed by atoms with Gasteiger partial charge in [-0.15, -0.1) is 12.4 Å². The van der Waals surface area contributed by atoms with Gasteiger partial charge in [-0.3, -0.25) is 9.69 Å². The van der Waals surface area contributed by atoms with Gasteiger partial charge < -0.3 is 10.2 Å². The fraction of sp³-hybridized carbons (Fsp3) is 0.611. The maximum absolute atomic E-state index is 12.3. The number of hydrogen-bond donors (Lipinski definition) is 1. The van der Waals surface area contributed by atoms with Crippen molar-refractivity contribution in [3.05, 3.63) is 35.4 Å². The van der Waals surface area contributed by atoms with Crippen molar-refractivity contribution in [2.24, 2.45) is 0 Å². The van der Waals surface area contributed by atoms with E-state index < -0.39 is 0 Å². The highest BCUT2D eigenvalue weighted by Crippen LogP contribution is 2.32. The highest BCUT2D eigenvalue weighted by Gasteiger charge is 2.27. The summed E-state index contributed by atoms with van der Waals surface area (Å²) in [5, 5.41) is 3.30. The number of rotatable bonds is 4. The van der Waals surface area contributed by atoms with Crippen LogP contribution in [0.1, 0.15) is 36.4 Å². The molecule has 1 unspecified atom stereocenters. The maximum atomic E-state index is 12.3. The second-order valence-electron chi connectivity index (χ2n) is 6.49. The lowest BCUT2D eigenvalue weighted by molar-refractivity contribution is -0.132. The molecule has 5 heteroatoms. The summed E-state index contributed by atoms with van der Waals surface area (Å²) < 4.78 is 0. The molecule has 1 amide bonds. The van der Waals surface area contributed by atoms with E-state index in [0.717, 1.165) is 39.3 Å². The number of likely N-dealkylation sites (tertiary alicyclic amines) is 1. The smallest absolute Gasteiger partial charge is 0.223 e. The van der Waals surface area contributed by atoms with Gasteiger partial charge in [0, 0.05) is 45.2 Å². The monoisotopic (exact) mass is 337 g/mol. The van der Waals surface area contributed by atoms with Crippen LogP contribution in [0.25, 0.3) is 0 Å². The van der Waals surface area contributed by atoms with Crippen molar-refractivity contribution in [2.45, 2.75) is 32.2 Å². The number of piperazine rings is 1. The predicted octanol–water partition coefficient (Wildman–Crippen LogP) is 2.38. The van der Waals surface area contributed by atoms with Gasteiger partial charge in [0.1, 0.15) is 0 Å². The van der Waals surface area contributed by atoms with Gasteiger partial charge in [-0.05, 0) is 31.9 Å². The fourth-order valence-electron chi connectivity index (χ4n) is 3.66. The molecule has 128 valence electrons. The van der Waals surface area contributed by atoms with Crippen LogP contribution in [-0.4, -0.2) is 55.0 Å². The molecule has 0 aromatic heterocycles. The number of aryl methyl sites for hydroxylation is 1. The first kappa shape index (κ1) is 18.2. The van der Waals surface area contributed by atoms with E-state index in [1.165, 1.54) is 24.0 Å². The molecular weight excluding hydrogens is 310 g/mol. The van der Waals surface area contributed by atoms with Crippen molar-refractivity contribution < 1.29 is 4.79 Å². The molecule has 0 saturated carbocycles. The summed E-state index contributed by atoms with van der Waals surface area (Å²) in [6.07, 6.45) is 3.11. The molecule has 2 saturated heterocycles. The predicted molar refractivity (Wildman–Crippen MR) is 96.0 cm³/mol. The summed E-state index contributed by atoms with van der Waals surface area (Å²) in [5.41, 5.74) is 2.73. The minimum atomic E-state index is 0. The van der Waals surface area contributed by atoms with Crippen molar-refractivity contribution in [1.29, 1.82) is 0 Å². The summed E-state index contributed by atoms with van der Waals surface area (Å²) >= 11 is 0. The van der Waals surface area contributed by atoms with E-state index in [0.29, 0.717) is 18.4 Å². The largest absolute Gasteiger partial charge is 0.340 e. The van der Waals surface area contributed by atoms with Gasteiger partial charge in [-0.2, -0.15) is 0 Å². The van der Waals surface area contributed by atoms with E-state index in [4.69, 9.17) is 0 Å². The van der Waals surface area contributed by atoms with Gasteiger partial charge in [-0.25, -0.2) is 0 Å². The Morgan fingerprint density at radius 2 is 2.04 bits per heavy atom. The average Bonchev–Trinajstić information content (AvgIpc) is 3.02. The zero-order valence-corrected chi connectivity index (χ0v) is 14.8. The SMILES string of the molecule is Cc1cccc(C2CCCN2CCC(=O)N2CCNCC2)c1.Cl. The highest BCUT2D eigenvalue weighted by atomic mass is 35.5. The maximum Gasteiger partial charge on any atom is 0.223 e. The lowest BCUT2D eigenvalue weighted by Gasteiger charge is -2.29. The number of nitrogens with zero attached hydrogens (tertiary/aromatic N) is 2. The van der Waals surface area contributed by atoms with E-state index in [9.17, 15) is 4.79 Å². The normalized spacial score (nSPS) is 22.0. The Morgan fingerprint density at radius 1 is 1.26 bits per heavy atom. The van der Waals surface area contributed by atoms with Gasteiger partial charge in [0.05, 0.1) is 0 Å². The quantitative estimate of drug-likeness (QED) is 0.916. The van der Waals surface area contributed by atoms with Gasteiger partial charge >= 0.3 is 0 Å². The number of benzene rings is 1. The van der Waals surface area contributed by atoms with Crippen LogP contribution >= 0.6 is 12.4 Å². The minimum absolute atomic E-state index is 0. The summed E-state index contributed by atoms with van der Waals surface area (Å²) in [7, 11) is 0. The first-order chi connectivity index (χ1) is 10.7. The number of halogens is 1. The molecule has 1 N–H and O–H groups in total. The zero-order valence-electron chi connectivity index (χ0n) is 14.0. The number of carbonyl (C=O) groups is 1. The highest BCUT2D eigenvalue weighted by molar-refractivity contribution is 5.85. The van der Waals surface area contributed by atoms with Crippen molar-refractivity contribution in [2.75, 3.05) is 39.3 Å².